The Labute approximate surface area is 129 Å². The topological polar surface area (TPSA) is 74.7 Å². The molecule has 0 unspecified atom stereocenters. The third-order valence-electron chi connectivity index (χ3n) is 3.06. The molecule has 0 aliphatic heterocycles. The maximum atomic E-state index is 13.9. The number of carboxylic acid groups (broad SMARTS) is 1. The molecule has 5 nitrogen and oxygen atoms in total. The molecule has 0 amide bonds. The Hall–Kier alpha value is -2.55. The number of rotatable bonds is 4. The minimum absolute atomic E-state index is 0.379. The van der Waals surface area contributed by atoms with E-state index < -0.39 is 49.6 Å². The largest absolute Gasteiger partial charge is 0.478 e. The zero-order valence-electron chi connectivity index (χ0n) is 11.6. The first-order valence-corrected chi connectivity index (χ1v) is 7.55. The minimum Gasteiger partial charge on any atom is -0.478 e. The van der Waals surface area contributed by atoms with Crippen molar-refractivity contribution in [3.8, 4) is 0 Å². The van der Waals surface area contributed by atoms with Gasteiger partial charge in [-0.2, -0.15) is 0 Å². The summed E-state index contributed by atoms with van der Waals surface area (Å²) in [5, 5.41) is 8.74. The lowest BCUT2D eigenvalue weighted by molar-refractivity contribution is 0.0696. The van der Waals surface area contributed by atoms with Crippen LogP contribution in [0.3, 0.4) is 0 Å². The molecule has 0 heterocycles. The molecule has 0 fully saturated rings. The number of carboxylic acids is 1. The number of nitrogens with zero attached hydrogens (tertiary/aromatic N) is 1. The van der Waals surface area contributed by atoms with Gasteiger partial charge in [0.25, 0.3) is 10.0 Å². The summed E-state index contributed by atoms with van der Waals surface area (Å²) in [6.07, 6.45) is 0. The fourth-order valence-corrected chi connectivity index (χ4v) is 3.09. The maximum absolute atomic E-state index is 13.9. The summed E-state index contributed by atoms with van der Waals surface area (Å²) < 4.78 is 65.9. The Bertz CT molecular complexity index is 884. The van der Waals surface area contributed by atoms with Crippen LogP contribution < -0.4 is 4.31 Å². The van der Waals surface area contributed by atoms with Crippen LogP contribution in [0.15, 0.2) is 41.3 Å². The molecule has 0 spiro atoms. The van der Waals surface area contributed by atoms with E-state index in [0.29, 0.717) is 16.4 Å². The molecule has 2 aromatic rings. The normalized spacial score (nSPS) is 11.3. The summed E-state index contributed by atoms with van der Waals surface area (Å²) in [4.78, 5) is 9.88. The third kappa shape index (κ3) is 3.14. The molecule has 0 aromatic heterocycles. The molecule has 0 saturated carbocycles. The summed E-state index contributed by atoms with van der Waals surface area (Å²) in [5.41, 5.74) is -1.05. The van der Waals surface area contributed by atoms with Crippen molar-refractivity contribution in [2.24, 2.45) is 0 Å². The number of hydrogen-bond acceptors (Lipinski definition) is 3. The van der Waals surface area contributed by atoms with Crippen LogP contribution in [-0.2, 0) is 10.0 Å². The second-order valence-electron chi connectivity index (χ2n) is 4.52. The SMILES string of the molecule is CN(c1cc(F)ccc1F)S(=O)(=O)c1ccc(C(=O)O)cc1F. The van der Waals surface area contributed by atoms with Crippen LogP contribution in [0.1, 0.15) is 10.4 Å². The van der Waals surface area contributed by atoms with Gasteiger partial charge in [-0.05, 0) is 30.3 Å². The van der Waals surface area contributed by atoms with Gasteiger partial charge < -0.3 is 5.11 Å². The Balaban J connectivity index is 2.53. The smallest absolute Gasteiger partial charge is 0.335 e. The van der Waals surface area contributed by atoms with Crippen molar-refractivity contribution in [2.45, 2.75) is 4.90 Å². The average Bonchev–Trinajstić information content (AvgIpc) is 2.48. The molecular weight excluding hydrogens is 335 g/mol. The van der Waals surface area contributed by atoms with Crippen LogP contribution in [0.5, 0.6) is 0 Å². The highest BCUT2D eigenvalue weighted by Crippen LogP contribution is 2.27. The summed E-state index contributed by atoms with van der Waals surface area (Å²) >= 11 is 0. The number of sulfonamides is 1. The van der Waals surface area contributed by atoms with Gasteiger partial charge in [-0.25, -0.2) is 26.4 Å². The van der Waals surface area contributed by atoms with Crippen molar-refractivity contribution in [3.05, 3.63) is 59.4 Å². The molecular formula is C14H10F3NO4S. The van der Waals surface area contributed by atoms with Crippen molar-refractivity contribution in [1.82, 2.24) is 0 Å². The van der Waals surface area contributed by atoms with E-state index in [1.807, 2.05) is 0 Å². The highest BCUT2D eigenvalue weighted by atomic mass is 32.2. The van der Waals surface area contributed by atoms with Crippen LogP contribution in [0.4, 0.5) is 18.9 Å². The van der Waals surface area contributed by atoms with Gasteiger partial charge in [0.05, 0.1) is 11.3 Å². The zero-order valence-corrected chi connectivity index (χ0v) is 12.4. The second-order valence-corrected chi connectivity index (χ2v) is 6.46. The summed E-state index contributed by atoms with van der Waals surface area (Å²) in [5.74, 6) is -4.63. The fraction of sp³-hybridized carbons (Fsp3) is 0.0714. The van der Waals surface area contributed by atoms with Gasteiger partial charge in [0.2, 0.25) is 0 Å². The molecule has 0 atom stereocenters. The van der Waals surface area contributed by atoms with Gasteiger partial charge in [0.15, 0.2) is 0 Å². The minimum atomic E-state index is -4.55. The number of hydrogen-bond donors (Lipinski definition) is 1. The van der Waals surface area contributed by atoms with Crippen LogP contribution in [0.2, 0.25) is 0 Å². The van der Waals surface area contributed by atoms with Crippen molar-refractivity contribution in [3.63, 3.8) is 0 Å². The first-order valence-electron chi connectivity index (χ1n) is 6.11. The van der Waals surface area contributed by atoms with Crippen molar-refractivity contribution >= 4 is 21.7 Å². The van der Waals surface area contributed by atoms with E-state index >= 15 is 0 Å². The molecule has 122 valence electrons. The third-order valence-corrected chi connectivity index (χ3v) is 4.87. The van der Waals surface area contributed by atoms with E-state index in [4.69, 9.17) is 5.11 Å². The van der Waals surface area contributed by atoms with E-state index in [-0.39, 0.29) is 0 Å². The van der Waals surface area contributed by atoms with Gasteiger partial charge in [0.1, 0.15) is 22.3 Å². The molecule has 23 heavy (non-hydrogen) atoms. The molecule has 0 bridgehead atoms. The van der Waals surface area contributed by atoms with Crippen LogP contribution in [-0.4, -0.2) is 26.5 Å². The van der Waals surface area contributed by atoms with Gasteiger partial charge in [0, 0.05) is 13.1 Å². The first kappa shape index (κ1) is 16.8. The lowest BCUT2D eigenvalue weighted by atomic mass is 10.2. The molecule has 0 aliphatic carbocycles. The highest BCUT2D eigenvalue weighted by molar-refractivity contribution is 7.92. The van der Waals surface area contributed by atoms with Gasteiger partial charge in [-0.1, -0.05) is 0 Å². The average molecular weight is 345 g/mol. The standard InChI is InChI=1S/C14H10F3NO4S/c1-18(12-7-9(15)3-4-10(12)16)23(21,22)13-5-2-8(14(19)20)6-11(13)17/h2-7H,1H3,(H,19,20). The van der Waals surface area contributed by atoms with Gasteiger partial charge in [-0.3, -0.25) is 4.31 Å². The summed E-state index contributed by atoms with van der Waals surface area (Å²) in [6.45, 7) is 0. The van der Waals surface area contributed by atoms with E-state index in [2.05, 4.69) is 0 Å². The van der Waals surface area contributed by atoms with E-state index in [0.717, 1.165) is 31.3 Å². The van der Waals surface area contributed by atoms with E-state index in [9.17, 15) is 26.4 Å². The molecule has 0 saturated heterocycles. The van der Waals surface area contributed by atoms with Crippen LogP contribution in [0.25, 0.3) is 0 Å². The van der Waals surface area contributed by atoms with E-state index in [1.54, 1.807) is 0 Å². The Morgan fingerprint density at radius 1 is 1.04 bits per heavy atom. The molecule has 1 N–H and O–H groups in total. The molecule has 9 heteroatoms. The number of benzene rings is 2. The summed E-state index contributed by atoms with van der Waals surface area (Å²) in [6, 6.07) is 4.37. The Kier molecular flexibility index (Phi) is 4.33. The summed E-state index contributed by atoms with van der Waals surface area (Å²) in [7, 11) is -3.62. The Morgan fingerprint density at radius 3 is 2.26 bits per heavy atom. The Morgan fingerprint density at radius 2 is 1.70 bits per heavy atom. The molecule has 0 radical (unpaired) electrons. The molecule has 2 aromatic carbocycles. The molecule has 0 aliphatic rings. The van der Waals surface area contributed by atoms with Gasteiger partial charge in [-0.15, -0.1) is 0 Å². The predicted octanol–water partition coefficient (Wildman–Crippen LogP) is 2.63. The van der Waals surface area contributed by atoms with Crippen molar-refractivity contribution in [2.75, 3.05) is 11.4 Å². The lowest BCUT2D eigenvalue weighted by Crippen LogP contribution is -2.28. The van der Waals surface area contributed by atoms with Crippen LogP contribution >= 0.6 is 0 Å². The zero-order chi connectivity index (χ0) is 17.4. The first-order chi connectivity index (χ1) is 10.6. The van der Waals surface area contributed by atoms with Crippen molar-refractivity contribution < 1.29 is 31.5 Å². The number of anilines is 1. The number of aromatic carboxylic acids is 1. The fourth-order valence-electron chi connectivity index (χ4n) is 1.85. The lowest BCUT2D eigenvalue weighted by Gasteiger charge is -2.20. The van der Waals surface area contributed by atoms with Crippen LogP contribution in [0, 0.1) is 17.5 Å². The molecule has 2 rings (SSSR count). The van der Waals surface area contributed by atoms with Gasteiger partial charge >= 0.3 is 5.97 Å². The quantitative estimate of drug-likeness (QED) is 0.924. The second kappa shape index (κ2) is 5.92. The van der Waals surface area contributed by atoms with Crippen molar-refractivity contribution in [1.29, 1.82) is 0 Å². The number of halogens is 3. The maximum Gasteiger partial charge on any atom is 0.335 e. The number of carbonyl (C=O) groups is 1. The predicted molar refractivity (Wildman–Crippen MR) is 75.3 cm³/mol. The monoisotopic (exact) mass is 345 g/mol. The highest BCUT2D eigenvalue weighted by Gasteiger charge is 2.27. The van der Waals surface area contributed by atoms with E-state index in [1.165, 1.54) is 0 Å².